The molecule has 1 amide bonds. The molecule has 0 saturated heterocycles. The summed E-state index contributed by atoms with van der Waals surface area (Å²) in [5, 5.41) is 2.86. The second kappa shape index (κ2) is 8.25. The van der Waals surface area contributed by atoms with Crippen LogP contribution in [0.5, 0.6) is 0 Å². The molecule has 1 unspecified atom stereocenters. The maximum atomic E-state index is 12.6. The van der Waals surface area contributed by atoms with Crippen molar-refractivity contribution in [2.75, 3.05) is 25.5 Å². The van der Waals surface area contributed by atoms with Gasteiger partial charge in [-0.25, -0.2) is 0 Å². The summed E-state index contributed by atoms with van der Waals surface area (Å²) in [6.07, 6.45) is -3.69. The number of hydrogen-bond donors (Lipinski definition) is 1. The van der Waals surface area contributed by atoms with E-state index in [0.717, 1.165) is 23.4 Å². The Kier molecular flexibility index (Phi) is 6.29. The number of nitrogens with zero attached hydrogens (tertiary/aromatic N) is 1. The average molecular weight is 364 g/mol. The normalized spacial score (nSPS) is 12.5. The Morgan fingerprint density at radius 2 is 1.69 bits per heavy atom. The van der Waals surface area contributed by atoms with Gasteiger partial charge in [-0.05, 0) is 42.7 Å². The van der Waals surface area contributed by atoms with Crippen LogP contribution < -0.4 is 10.2 Å². The zero-order valence-corrected chi connectivity index (χ0v) is 15.1. The molecule has 0 spiro atoms. The van der Waals surface area contributed by atoms with E-state index in [9.17, 15) is 18.0 Å². The van der Waals surface area contributed by atoms with Crippen LogP contribution in [0.15, 0.2) is 48.5 Å². The predicted molar refractivity (Wildman–Crippen MR) is 97.3 cm³/mol. The number of para-hydroxylation sites is 1. The molecule has 26 heavy (non-hydrogen) atoms. The summed E-state index contributed by atoms with van der Waals surface area (Å²) in [6.45, 7) is 2.15. The smallest absolute Gasteiger partial charge is 0.377 e. The Morgan fingerprint density at radius 3 is 2.27 bits per heavy atom. The number of benzene rings is 2. The highest BCUT2D eigenvalue weighted by atomic mass is 19.4. The summed E-state index contributed by atoms with van der Waals surface area (Å²) in [5.41, 5.74) is 2.07. The number of carbonyl (C=O) groups excluding carboxylic acids is 1. The summed E-state index contributed by atoms with van der Waals surface area (Å²) in [6, 6.07) is 12.7. The maximum Gasteiger partial charge on any atom is 0.416 e. The Labute approximate surface area is 151 Å². The highest BCUT2D eigenvalue weighted by Crippen LogP contribution is 2.30. The molecule has 0 aromatic heterocycles. The fourth-order valence-corrected chi connectivity index (χ4v) is 2.74. The predicted octanol–water partition coefficient (Wildman–Crippen LogP) is 4.23. The van der Waals surface area contributed by atoms with Gasteiger partial charge in [-0.1, -0.05) is 30.3 Å². The zero-order valence-electron chi connectivity index (χ0n) is 15.1. The van der Waals surface area contributed by atoms with Crippen LogP contribution in [0.1, 0.15) is 29.5 Å². The first-order valence-electron chi connectivity index (χ1n) is 8.40. The first-order valence-corrected chi connectivity index (χ1v) is 8.40. The van der Waals surface area contributed by atoms with Gasteiger partial charge in [0.25, 0.3) is 0 Å². The summed E-state index contributed by atoms with van der Waals surface area (Å²) < 4.78 is 37.8. The topological polar surface area (TPSA) is 32.3 Å². The van der Waals surface area contributed by atoms with E-state index in [2.05, 4.69) is 5.32 Å². The fourth-order valence-electron chi connectivity index (χ4n) is 2.74. The van der Waals surface area contributed by atoms with Gasteiger partial charge in [-0.2, -0.15) is 13.2 Å². The van der Waals surface area contributed by atoms with E-state index in [4.69, 9.17) is 0 Å². The minimum atomic E-state index is -4.37. The van der Waals surface area contributed by atoms with Crippen molar-refractivity contribution in [3.05, 3.63) is 65.2 Å². The first-order chi connectivity index (χ1) is 12.2. The molecule has 2 aromatic rings. The molecule has 0 aliphatic rings. The molecule has 1 N–H and O–H groups in total. The molecule has 0 aliphatic carbocycles. The molecule has 2 aromatic carbocycles. The number of anilines is 1. The van der Waals surface area contributed by atoms with Gasteiger partial charge < -0.3 is 10.2 Å². The van der Waals surface area contributed by atoms with Crippen molar-refractivity contribution in [3.8, 4) is 0 Å². The largest absolute Gasteiger partial charge is 0.416 e. The summed E-state index contributed by atoms with van der Waals surface area (Å²) in [4.78, 5) is 14.3. The number of alkyl halides is 3. The Bertz CT molecular complexity index is 739. The lowest BCUT2D eigenvalue weighted by molar-refractivity contribution is -0.137. The first kappa shape index (κ1) is 19.8. The van der Waals surface area contributed by atoms with Crippen molar-refractivity contribution in [2.45, 2.75) is 25.4 Å². The molecule has 2 rings (SSSR count). The van der Waals surface area contributed by atoms with Crippen molar-refractivity contribution in [1.82, 2.24) is 5.32 Å². The van der Waals surface area contributed by atoms with E-state index >= 15 is 0 Å². The van der Waals surface area contributed by atoms with E-state index in [1.807, 2.05) is 43.3 Å². The van der Waals surface area contributed by atoms with Crippen LogP contribution in [0.25, 0.3) is 0 Å². The van der Waals surface area contributed by atoms with Gasteiger partial charge >= 0.3 is 6.18 Å². The van der Waals surface area contributed by atoms with Crippen molar-refractivity contribution >= 4 is 11.6 Å². The zero-order chi connectivity index (χ0) is 19.3. The second-order valence-electron chi connectivity index (χ2n) is 6.41. The number of amides is 1. The van der Waals surface area contributed by atoms with Crippen molar-refractivity contribution in [1.29, 1.82) is 0 Å². The Morgan fingerprint density at radius 1 is 1.08 bits per heavy atom. The van der Waals surface area contributed by atoms with E-state index in [-0.39, 0.29) is 5.91 Å². The van der Waals surface area contributed by atoms with Crippen LogP contribution in [0, 0.1) is 0 Å². The minimum Gasteiger partial charge on any atom is -0.377 e. The molecule has 3 nitrogen and oxygen atoms in total. The molecule has 0 saturated carbocycles. The lowest BCUT2D eigenvalue weighted by Crippen LogP contribution is -2.30. The van der Waals surface area contributed by atoms with Gasteiger partial charge in [0.1, 0.15) is 0 Å². The molecule has 0 bridgehead atoms. The molecular weight excluding hydrogens is 341 g/mol. The van der Waals surface area contributed by atoms with Gasteiger partial charge in [0, 0.05) is 26.3 Å². The third-order valence-electron chi connectivity index (χ3n) is 4.30. The van der Waals surface area contributed by atoms with Crippen molar-refractivity contribution < 1.29 is 18.0 Å². The van der Waals surface area contributed by atoms with Crippen molar-refractivity contribution in [2.24, 2.45) is 0 Å². The average Bonchev–Trinajstić information content (AvgIpc) is 2.60. The van der Waals surface area contributed by atoms with E-state index in [1.165, 1.54) is 12.1 Å². The highest BCUT2D eigenvalue weighted by Gasteiger charge is 2.30. The third kappa shape index (κ3) is 5.00. The number of nitrogens with one attached hydrogen (secondary N) is 1. The molecule has 6 heteroatoms. The lowest BCUT2D eigenvalue weighted by atomic mass is 9.98. The second-order valence-corrected chi connectivity index (χ2v) is 6.41. The van der Waals surface area contributed by atoms with Crippen LogP contribution in [-0.4, -0.2) is 26.5 Å². The van der Waals surface area contributed by atoms with Crippen LogP contribution in [0.2, 0.25) is 0 Å². The van der Waals surface area contributed by atoms with Gasteiger partial charge in [0.15, 0.2) is 0 Å². The highest BCUT2D eigenvalue weighted by molar-refractivity contribution is 5.83. The number of halogens is 3. The number of rotatable bonds is 6. The van der Waals surface area contributed by atoms with Crippen LogP contribution in [0.3, 0.4) is 0 Å². The fraction of sp³-hybridized carbons (Fsp3) is 0.350. The molecular formula is C20H23F3N2O. The van der Waals surface area contributed by atoms with Crippen LogP contribution in [-0.2, 0) is 17.4 Å². The molecule has 0 fully saturated rings. The van der Waals surface area contributed by atoms with E-state index in [0.29, 0.717) is 18.5 Å². The summed E-state index contributed by atoms with van der Waals surface area (Å²) in [5.74, 6) is -0.714. The van der Waals surface area contributed by atoms with Gasteiger partial charge in [0.2, 0.25) is 5.91 Å². The molecule has 0 aliphatic heterocycles. The van der Waals surface area contributed by atoms with Gasteiger partial charge in [0.05, 0.1) is 11.5 Å². The number of carbonyl (C=O) groups is 1. The third-order valence-corrected chi connectivity index (χ3v) is 4.30. The SMILES string of the molecule is CC(C(=O)NCCc1ccccc1N(C)C)c1ccc(C(F)(F)F)cc1. The quantitative estimate of drug-likeness (QED) is 0.832. The number of hydrogen-bond acceptors (Lipinski definition) is 2. The molecule has 0 heterocycles. The minimum absolute atomic E-state index is 0.202. The van der Waals surface area contributed by atoms with Crippen molar-refractivity contribution in [3.63, 3.8) is 0 Å². The molecule has 140 valence electrons. The van der Waals surface area contributed by atoms with E-state index in [1.54, 1.807) is 6.92 Å². The molecule has 0 radical (unpaired) electrons. The lowest BCUT2D eigenvalue weighted by Gasteiger charge is -2.18. The Balaban J connectivity index is 1.94. The standard InChI is InChI=1S/C20H23F3N2O/c1-14(15-8-10-17(11-9-15)20(21,22)23)19(26)24-13-12-16-6-4-5-7-18(16)25(2)3/h4-11,14H,12-13H2,1-3H3,(H,24,26). The molecule has 1 atom stereocenters. The maximum absolute atomic E-state index is 12.6. The van der Waals surface area contributed by atoms with Crippen LogP contribution in [0.4, 0.5) is 18.9 Å². The monoisotopic (exact) mass is 364 g/mol. The summed E-state index contributed by atoms with van der Waals surface area (Å²) in [7, 11) is 3.92. The Hall–Kier alpha value is -2.50. The van der Waals surface area contributed by atoms with E-state index < -0.39 is 17.7 Å². The van der Waals surface area contributed by atoms with Gasteiger partial charge in [-0.15, -0.1) is 0 Å². The van der Waals surface area contributed by atoms with Gasteiger partial charge in [-0.3, -0.25) is 4.79 Å². The summed E-state index contributed by atoms with van der Waals surface area (Å²) >= 11 is 0. The van der Waals surface area contributed by atoms with Crippen LogP contribution >= 0.6 is 0 Å².